The molecule has 2 N–H and O–H groups in total. The average molecular weight is 416 g/mol. The molecule has 3 aromatic rings. The summed E-state index contributed by atoms with van der Waals surface area (Å²) in [5, 5.41) is 3.92. The van der Waals surface area contributed by atoms with Gasteiger partial charge < -0.3 is 15.2 Å². The molecule has 5 rings (SSSR count). The Labute approximate surface area is 180 Å². The number of hydrogen-bond donors (Lipinski definition) is 2. The molecule has 7 heteroatoms. The normalized spacial score (nSPS) is 20.2. The van der Waals surface area contributed by atoms with Crippen LogP contribution in [0.2, 0.25) is 0 Å². The molecular formula is C24H24N4O3. The number of amides is 4. The lowest BCUT2D eigenvalue weighted by molar-refractivity contribution is -0.125. The highest BCUT2D eigenvalue weighted by Crippen LogP contribution is 2.45. The predicted octanol–water partition coefficient (Wildman–Crippen LogP) is 3.55. The van der Waals surface area contributed by atoms with Gasteiger partial charge in [0.25, 0.3) is 11.8 Å². The molecule has 158 valence electrons. The van der Waals surface area contributed by atoms with Crippen LogP contribution < -0.4 is 10.2 Å². The quantitative estimate of drug-likeness (QED) is 0.638. The number of urea groups is 1. The molecule has 1 saturated heterocycles. The van der Waals surface area contributed by atoms with Crippen LogP contribution in [0.4, 0.5) is 10.5 Å². The number of carbonyl (C=O) groups excluding carboxylic acids is 3. The second kappa shape index (κ2) is 6.97. The van der Waals surface area contributed by atoms with Crippen molar-refractivity contribution in [2.45, 2.75) is 32.2 Å². The Morgan fingerprint density at radius 2 is 1.87 bits per heavy atom. The van der Waals surface area contributed by atoms with Crippen molar-refractivity contribution in [2.75, 3.05) is 18.0 Å². The predicted molar refractivity (Wildman–Crippen MR) is 118 cm³/mol. The van der Waals surface area contributed by atoms with Crippen LogP contribution in [-0.4, -0.2) is 40.8 Å². The molecular weight excluding hydrogens is 392 g/mol. The average Bonchev–Trinajstić information content (AvgIpc) is 3.26. The van der Waals surface area contributed by atoms with E-state index in [0.29, 0.717) is 30.8 Å². The second-order valence-electron chi connectivity index (χ2n) is 8.22. The summed E-state index contributed by atoms with van der Waals surface area (Å²) in [5.74, 6) is -0.451. The highest BCUT2D eigenvalue weighted by Gasteiger charge is 2.58. The molecule has 1 unspecified atom stereocenters. The standard InChI is InChI=1S/C24H24N4O3/c1-3-13-25-21(29)15-8-10-16(11-9-15)28-22(30)24(2)20-18(12-14-27(24)23(28)31)17-6-4-5-7-19(17)26-20/h4-11,26H,3,12-14H2,1-2H3,(H,25,29). The number of H-pyrrole nitrogens is 1. The molecule has 2 aliphatic rings. The lowest BCUT2D eigenvalue weighted by atomic mass is 9.87. The van der Waals surface area contributed by atoms with Gasteiger partial charge >= 0.3 is 6.03 Å². The number of hydrogen-bond acceptors (Lipinski definition) is 3. The van der Waals surface area contributed by atoms with Gasteiger partial charge in [0.15, 0.2) is 5.54 Å². The van der Waals surface area contributed by atoms with E-state index in [4.69, 9.17) is 0 Å². The summed E-state index contributed by atoms with van der Waals surface area (Å²) in [6.07, 6.45) is 1.54. The van der Waals surface area contributed by atoms with Gasteiger partial charge in [-0.05, 0) is 55.7 Å². The van der Waals surface area contributed by atoms with Crippen LogP contribution in [0.15, 0.2) is 48.5 Å². The molecule has 1 aromatic heterocycles. The molecule has 0 spiro atoms. The van der Waals surface area contributed by atoms with Gasteiger partial charge in [0.1, 0.15) is 0 Å². The minimum Gasteiger partial charge on any atom is -0.356 e. The van der Waals surface area contributed by atoms with E-state index in [2.05, 4.69) is 10.3 Å². The third-order valence-corrected chi connectivity index (χ3v) is 6.39. The SMILES string of the molecule is CCCNC(=O)c1ccc(N2C(=O)N3CCc4c([nH]c5ccccc45)C3(C)C2=O)cc1. The highest BCUT2D eigenvalue weighted by molar-refractivity contribution is 6.23. The van der Waals surface area contributed by atoms with Crippen LogP contribution in [0.5, 0.6) is 0 Å². The summed E-state index contributed by atoms with van der Waals surface area (Å²) in [5.41, 5.74) is 2.74. The first kappa shape index (κ1) is 19.4. The molecule has 1 atom stereocenters. The Bertz CT molecular complexity index is 1210. The largest absolute Gasteiger partial charge is 0.356 e. The van der Waals surface area contributed by atoms with Crippen LogP contribution in [0.1, 0.15) is 41.9 Å². The van der Waals surface area contributed by atoms with Gasteiger partial charge in [-0.3, -0.25) is 9.59 Å². The molecule has 0 saturated carbocycles. The Morgan fingerprint density at radius 1 is 1.13 bits per heavy atom. The number of nitrogens with zero attached hydrogens (tertiary/aromatic N) is 2. The van der Waals surface area contributed by atoms with E-state index in [1.165, 1.54) is 4.90 Å². The zero-order chi connectivity index (χ0) is 21.8. The van der Waals surface area contributed by atoms with Crippen molar-refractivity contribution in [2.24, 2.45) is 0 Å². The Hall–Kier alpha value is -3.61. The third-order valence-electron chi connectivity index (χ3n) is 6.39. The number of para-hydroxylation sites is 1. The van der Waals surface area contributed by atoms with Crippen molar-refractivity contribution in [1.29, 1.82) is 0 Å². The number of aromatic nitrogens is 1. The molecule has 0 bridgehead atoms. The third kappa shape index (κ3) is 2.69. The van der Waals surface area contributed by atoms with Crippen LogP contribution in [-0.2, 0) is 16.8 Å². The molecule has 2 aromatic carbocycles. The molecule has 2 aliphatic heterocycles. The van der Waals surface area contributed by atoms with Gasteiger partial charge in [0.2, 0.25) is 0 Å². The molecule has 0 radical (unpaired) electrons. The first-order chi connectivity index (χ1) is 15.0. The lowest BCUT2D eigenvalue weighted by Crippen LogP contribution is -2.49. The Kier molecular flexibility index (Phi) is 4.36. The minimum absolute atomic E-state index is 0.167. The Balaban J connectivity index is 1.51. The molecule has 0 aliphatic carbocycles. The van der Waals surface area contributed by atoms with E-state index in [0.717, 1.165) is 28.6 Å². The summed E-state index contributed by atoms with van der Waals surface area (Å²) >= 11 is 0. The zero-order valence-electron chi connectivity index (χ0n) is 17.6. The number of carbonyl (C=O) groups is 3. The number of rotatable bonds is 4. The fourth-order valence-electron chi connectivity index (χ4n) is 4.72. The fraction of sp³-hybridized carbons (Fsp3) is 0.292. The topological polar surface area (TPSA) is 85.5 Å². The summed E-state index contributed by atoms with van der Waals surface area (Å²) in [6.45, 7) is 4.88. The number of benzene rings is 2. The van der Waals surface area contributed by atoms with Crippen molar-refractivity contribution in [3.63, 3.8) is 0 Å². The Morgan fingerprint density at radius 3 is 2.61 bits per heavy atom. The van der Waals surface area contributed by atoms with E-state index in [9.17, 15) is 14.4 Å². The maximum atomic E-state index is 13.6. The highest BCUT2D eigenvalue weighted by atomic mass is 16.2. The van der Waals surface area contributed by atoms with E-state index in [1.54, 1.807) is 29.2 Å². The molecule has 31 heavy (non-hydrogen) atoms. The van der Waals surface area contributed by atoms with Crippen molar-refractivity contribution in [3.8, 4) is 0 Å². The van der Waals surface area contributed by atoms with Crippen molar-refractivity contribution in [3.05, 3.63) is 65.4 Å². The van der Waals surface area contributed by atoms with Crippen molar-refractivity contribution in [1.82, 2.24) is 15.2 Å². The lowest BCUT2D eigenvalue weighted by Gasteiger charge is -2.35. The number of anilines is 1. The van der Waals surface area contributed by atoms with Gasteiger partial charge in [0, 0.05) is 29.6 Å². The van der Waals surface area contributed by atoms with Crippen molar-refractivity contribution < 1.29 is 14.4 Å². The number of fused-ring (bicyclic) bond motifs is 5. The van der Waals surface area contributed by atoms with Crippen LogP contribution in [0.3, 0.4) is 0 Å². The number of aromatic amines is 1. The van der Waals surface area contributed by atoms with Gasteiger partial charge in [-0.1, -0.05) is 25.1 Å². The summed E-state index contributed by atoms with van der Waals surface area (Å²) < 4.78 is 0. The van der Waals surface area contributed by atoms with Gasteiger partial charge in [-0.2, -0.15) is 0 Å². The number of imide groups is 1. The molecule has 4 amide bonds. The zero-order valence-corrected chi connectivity index (χ0v) is 17.6. The minimum atomic E-state index is -1.08. The van der Waals surface area contributed by atoms with Crippen LogP contribution in [0.25, 0.3) is 10.9 Å². The van der Waals surface area contributed by atoms with E-state index in [-0.39, 0.29) is 17.8 Å². The smallest absolute Gasteiger partial charge is 0.332 e. The van der Waals surface area contributed by atoms with Crippen molar-refractivity contribution >= 4 is 34.4 Å². The summed E-state index contributed by atoms with van der Waals surface area (Å²) in [4.78, 5) is 45.4. The molecule has 1 fully saturated rings. The van der Waals surface area contributed by atoms with E-state index < -0.39 is 5.54 Å². The second-order valence-corrected chi connectivity index (χ2v) is 8.22. The first-order valence-electron chi connectivity index (χ1n) is 10.6. The van der Waals surface area contributed by atoms with Crippen LogP contribution in [0, 0.1) is 0 Å². The summed E-state index contributed by atoms with van der Waals surface area (Å²) in [6, 6.07) is 14.3. The van der Waals surface area contributed by atoms with Crippen LogP contribution >= 0.6 is 0 Å². The molecule has 3 heterocycles. The monoisotopic (exact) mass is 416 g/mol. The number of nitrogens with one attached hydrogen (secondary N) is 2. The van der Waals surface area contributed by atoms with Gasteiger partial charge in [0.05, 0.1) is 11.4 Å². The maximum absolute atomic E-state index is 13.6. The summed E-state index contributed by atoms with van der Waals surface area (Å²) in [7, 11) is 0. The maximum Gasteiger partial charge on any atom is 0.332 e. The van der Waals surface area contributed by atoms with E-state index in [1.807, 2.05) is 38.1 Å². The van der Waals surface area contributed by atoms with E-state index >= 15 is 0 Å². The first-order valence-corrected chi connectivity index (χ1v) is 10.6. The fourth-order valence-corrected chi connectivity index (χ4v) is 4.72. The van der Waals surface area contributed by atoms with Gasteiger partial charge in [-0.25, -0.2) is 9.69 Å². The van der Waals surface area contributed by atoms with Gasteiger partial charge in [-0.15, -0.1) is 0 Å². The molecule has 7 nitrogen and oxygen atoms in total.